The fourth-order valence-corrected chi connectivity index (χ4v) is 2.27. The molecular weight excluding hydrogens is 245 g/mol. The van der Waals surface area contributed by atoms with E-state index in [-0.39, 0.29) is 18.0 Å². The average molecular weight is 267 g/mol. The highest BCUT2D eigenvalue weighted by Crippen LogP contribution is 2.23. The fraction of sp³-hybridized carbons (Fsp3) is 0.600. The molecule has 1 unspecified atom stereocenters. The summed E-state index contributed by atoms with van der Waals surface area (Å²) in [5.74, 6) is -0.213. The Morgan fingerprint density at radius 1 is 1.42 bits per heavy atom. The first-order valence-electron chi connectivity index (χ1n) is 6.99. The lowest BCUT2D eigenvalue weighted by Gasteiger charge is -2.28. The maximum atomic E-state index is 13.3. The molecule has 1 aromatic carbocycles. The molecule has 0 amide bonds. The summed E-state index contributed by atoms with van der Waals surface area (Å²) < 4.78 is 24.8. The number of rotatable bonds is 6. The van der Waals surface area contributed by atoms with Gasteiger partial charge in [-0.05, 0) is 37.1 Å². The number of nitrogens with one attached hydrogen (secondary N) is 1. The van der Waals surface area contributed by atoms with Crippen molar-refractivity contribution >= 4 is 0 Å². The first-order valence-corrected chi connectivity index (χ1v) is 6.99. The topological polar surface area (TPSA) is 30.5 Å². The van der Waals surface area contributed by atoms with E-state index in [9.17, 15) is 4.39 Å². The third-order valence-electron chi connectivity index (χ3n) is 3.33. The van der Waals surface area contributed by atoms with E-state index in [0.29, 0.717) is 6.54 Å². The number of likely N-dealkylation sites (N-methyl/N-ethyl adjacent to an activating group) is 1. The quantitative estimate of drug-likeness (QED) is 0.859. The van der Waals surface area contributed by atoms with E-state index in [1.54, 1.807) is 12.1 Å². The van der Waals surface area contributed by atoms with E-state index in [1.165, 1.54) is 6.07 Å². The Morgan fingerprint density at radius 2 is 2.21 bits per heavy atom. The van der Waals surface area contributed by atoms with Crippen LogP contribution in [0.15, 0.2) is 24.3 Å². The van der Waals surface area contributed by atoms with E-state index in [1.807, 2.05) is 6.07 Å². The molecule has 4 heteroatoms. The van der Waals surface area contributed by atoms with Gasteiger partial charge in [-0.3, -0.25) is 0 Å². The van der Waals surface area contributed by atoms with Crippen molar-refractivity contribution in [1.29, 1.82) is 0 Å². The number of halogens is 1. The van der Waals surface area contributed by atoms with Crippen LogP contribution in [-0.4, -0.2) is 32.4 Å². The van der Waals surface area contributed by atoms with Crippen molar-refractivity contribution in [3.05, 3.63) is 35.6 Å². The third-order valence-corrected chi connectivity index (χ3v) is 3.33. The van der Waals surface area contributed by atoms with Crippen LogP contribution in [0.25, 0.3) is 0 Å². The molecular formula is C15H22FNO2. The van der Waals surface area contributed by atoms with Gasteiger partial charge in [0.25, 0.3) is 0 Å². The van der Waals surface area contributed by atoms with Crippen LogP contribution in [0.3, 0.4) is 0 Å². The summed E-state index contributed by atoms with van der Waals surface area (Å²) in [6.07, 6.45) is 1.94. The van der Waals surface area contributed by atoms with Crippen molar-refractivity contribution < 1.29 is 13.9 Å². The van der Waals surface area contributed by atoms with Crippen molar-refractivity contribution in [2.24, 2.45) is 0 Å². The van der Waals surface area contributed by atoms with E-state index in [4.69, 9.17) is 9.47 Å². The minimum atomic E-state index is -0.213. The molecule has 1 atom stereocenters. The van der Waals surface area contributed by atoms with Gasteiger partial charge in [0.2, 0.25) is 0 Å². The smallest absolute Gasteiger partial charge is 0.123 e. The SMILES string of the molecule is CCNCC(OC1CCOCC1)c1cccc(F)c1. The first kappa shape index (κ1) is 14.4. The van der Waals surface area contributed by atoms with Gasteiger partial charge in [-0.25, -0.2) is 4.39 Å². The lowest BCUT2D eigenvalue weighted by molar-refractivity contribution is -0.0688. The second-order valence-electron chi connectivity index (χ2n) is 4.80. The Bertz CT molecular complexity index is 380. The Morgan fingerprint density at radius 3 is 2.89 bits per heavy atom. The molecule has 106 valence electrons. The third kappa shape index (κ3) is 4.56. The molecule has 1 aliphatic rings. The molecule has 1 saturated heterocycles. The Labute approximate surface area is 114 Å². The Balaban J connectivity index is 2.01. The van der Waals surface area contributed by atoms with Gasteiger partial charge in [-0.1, -0.05) is 19.1 Å². The number of hydrogen-bond donors (Lipinski definition) is 1. The van der Waals surface area contributed by atoms with Crippen LogP contribution in [-0.2, 0) is 9.47 Å². The second-order valence-corrected chi connectivity index (χ2v) is 4.80. The maximum Gasteiger partial charge on any atom is 0.123 e. The molecule has 0 saturated carbocycles. The van der Waals surface area contributed by atoms with Crippen LogP contribution in [0.2, 0.25) is 0 Å². The average Bonchev–Trinajstić information content (AvgIpc) is 2.44. The zero-order valence-corrected chi connectivity index (χ0v) is 11.4. The molecule has 3 nitrogen and oxygen atoms in total. The standard InChI is InChI=1S/C15H22FNO2/c1-2-17-11-15(12-4-3-5-13(16)10-12)19-14-6-8-18-9-7-14/h3-5,10,14-15,17H,2,6-9,11H2,1H3. The second kappa shape index (κ2) is 7.58. The number of benzene rings is 1. The molecule has 1 fully saturated rings. The van der Waals surface area contributed by atoms with Gasteiger partial charge < -0.3 is 14.8 Å². The summed E-state index contributed by atoms with van der Waals surface area (Å²) in [6, 6.07) is 6.67. The molecule has 0 aromatic heterocycles. The largest absolute Gasteiger partial charge is 0.381 e. The molecule has 0 radical (unpaired) electrons. The first-order chi connectivity index (χ1) is 9.29. The van der Waals surface area contributed by atoms with Gasteiger partial charge in [-0.2, -0.15) is 0 Å². The summed E-state index contributed by atoms with van der Waals surface area (Å²) in [6.45, 7) is 5.14. The van der Waals surface area contributed by atoms with Crippen LogP contribution in [0, 0.1) is 5.82 Å². The number of ether oxygens (including phenoxy) is 2. The zero-order chi connectivity index (χ0) is 13.5. The summed E-state index contributed by atoms with van der Waals surface area (Å²) in [7, 11) is 0. The molecule has 2 rings (SSSR count). The Kier molecular flexibility index (Phi) is 5.76. The van der Waals surface area contributed by atoms with Crippen molar-refractivity contribution in [3.63, 3.8) is 0 Å². The molecule has 1 heterocycles. The van der Waals surface area contributed by atoms with E-state index >= 15 is 0 Å². The highest BCUT2D eigenvalue weighted by Gasteiger charge is 2.20. The molecule has 1 aromatic rings. The van der Waals surface area contributed by atoms with Gasteiger partial charge >= 0.3 is 0 Å². The maximum absolute atomic E-state index is 13.3. The molecule has 0 spiro atoms. The van der Waals surface area contributed by atoms with Crippen LogP contribution in [0.4, 0.5) is 4.39 Å². The molecule has 19 heavy (non-hydrogen) atoms. The fourth-order valence-electron chi connectivity index (χ4n) is 2.27. The monoisotopic (exact) mass is 267 g/mol. The lowest BCUT2D eigenvalue weighted by Crippen LogP contribution is -2.30. The number of hydrogen-bond acceptors (Lipinski definition) is 3. The van der Waals surface area contributed by atoms with Gasteiger partial charge in [0, 0.05) is 19.8 Å². The summed E-state index contributed by atoms with van der Waals surface area (Å²) in [4.78, 5) is 0. The molecule has 1 N–H and O–H groups in total. The van der Waals surface area contributed by atoms with Crippen LogP contribution < -0.4 is 5.32 Å². The van der Waals surface area contributed by atoms with Crippen LogP contribution in [0.5, 0.6) is 0 Å². The normalized spacial score (nSPS) is 18.4. The van der Waals surface area contributed by atoms with Crippen molar-refractivity contribution in [2.75, 3.05) is 26.3 Å². The summed E-state index contributed by atoms with van der Waals surface area (Å²) >= 11 is 0. The predicted molar refractivity (Wildman–Crippen MR) is 72.6 cm³/mol. The van der Waals surface area contributed by atoms with E-state index in [2.05, 4.69) is 12.2 Å². The van der Waals surface area contributed by atoms with Crippen LogP contribution in [0.1, 0.15) is 31.4 Å². The minimum Gasteiger partial charge on any atom is -0.381 e. The van der Waals surface area contributed by atoms with Crippen molar-refractivity contribution in [1.82, 2.24) is 5.32 Å². The van der Waals surface area contributed by atoms with E-state index in [0.717, 1.165) is 38.2 Å². The van der Waals surface area contributed by atoms with Crippen molar-refractivity contribution in [3.8, 4) is 0 Å². The van der Waals surface area contributed by atoms with E-state index < -0.39 is 0 Å². The lowest BCUT2D eigenvalue weighted by atomic mass is 10.1. The van der Waals surface area contributed by atoms with Gasteiger partial charge in [0.1, 0.15) is 5.82 Å². The predicted octanol–water partition coefficient (Wildman–Crippen LogP) is 2.67. The van der Waals surface area contributed by atoms with Gasteiger partial charge in [0.05, 0.1) is 12.2 Å². The van der Waals surface area contributed by atoms with Gasteiger partial charge in [-0.15, -0.1) is 0 Å². The Hall–Kier alpha value is -0.970. The molecule has 0 bridgehead atoms. The minimum absolute atomic E-state index is 0.0984. The van der Waals surface area contributed by atoms with Crippen molar-refractivity contribution in [2.45, 2.75) is 32.0 Å². The molecule has 0 aliphatic carbocycles. The van der Waals surface area contributed by atoms with Gasteiger partial charge in [0.15, 0.2) is 0 Å². The highest BCUT2D eigenvalue weighted by molar-refractivity contribution is 5.19. The summed E-state index contributed by atoms with van der Waals surface area (Å²) in [5, 5.41) is 3.28. The summed E-state index contributed by atoms with van der Waals surface area (Å²) in [5.41, 5.74) is 0.896. The molecule has 1 aliphatic heterocycles. The zero-order valence-electron chi connectivity index (χ0n) is 11.4. The van der Waals surface area contributed by atoms with Crippen LogP contribution >= 0.6 is 0 Å². The highest BCUT2D eigenvalue weighted by atomic mass is 19.1.